The minimum Gasteiger partial charge on any atom is -0.456 e. The summed E-state index contributed by atoms with van der Waals surface area (Å²) in [7, 11) is 0. The maximum absolute atomic E-state index is 6.77. The first-order chi connectivity index (χ1) is 24.0. The molecular weight excluding hydrogens is 619 g/mol. The fourth-order valence-corrected chi connectivity index (χ4v) is 8.71. The van der Waals surface area contributed by atoms with E-state index in [9.17, 15) is 0 Å². The molecule has 0 saturated heterocycles. The van der Waals surface area contributed by atoms with Crippen molar-refractivity contribution in [2.45, 2.75) is 19.3 Å². The summed E-state index contributed by atoms with van der Waals surface area (Å²) in [5.74, 6) is 1.92. The van der Waals surface area contributed by atoms with Gasteiger partial charge in [0.15, 0.2) is 0 Å². The maximum atomic E-state index is 6.77. The molecule has 1 aliphatic heterocycles. The molecule has 7 aromatic carbocycles. The third-order valence-corrected chi connectivity index (χ3v) is 11.3. The van der Waals surface area contributed by atoms with E-state index in [0.717, 1.165) is 56.1 Å². The van der Waals surface area contributed by atoms with Crippen LogP contribution in [-0.4, -0.2) is 0 Å². The number of nitrogens with zero attached hydrogens (tertiary/aromatic N) is 1. The molecule has 3 heterocycles. The van der Waals surface area contributed by atoms with Crippen LogP contribution in [0.1, 0.15) is 25.0 Å². The number of furan rings is 1. The maximum Gasteiger partial charge on any atom is 0.140 e. The molecule has 10 rings (SSSR count). The summed E-state index contributed by atoms with van der Waals surface area (Å²) in [6.45, 7) is 4.63. The van der Waals surface area contributed by atoms with Crippen LogP contribution in [0.3, 0.4) is 0 Å². The molecule has 2 aromatic heterocycles. The van der Waals surface area contributed by atoms with Gasteiger partial charge in [-0.1, -0.05) is 92.7 Å². The van der Waals surface area contributed by atoms with E-state index in [1.807, 2.05) is 23.5 Å². The van der Waals surface area contributed by atoms with E-state index in [4.69, 9.17) is 9.15 Å². The Morgan fingerprint density at radius 2 is 1.20 bits per heavy atom. The Bertz CT molecular complexity index is 2720. The molecule has 1 aliphatic rings. The molecule has 0 atom stereocenters. The fraction of sp³-hybridized carbons (Fsp3) is 0.0667. The molecule has 0 spiro atoms. The highest BCUT2D eigenvalue weighted by Crippen LogP contribution is 2.53. The normalized spacial score (nSPS) is 13.4. The zero-order valence-electron chi connectivity index (χ0n) is 27.1. The van der Waals surface area contributed by atoms with Gasteiger partial charge in [0, 0.05) is 70.6 Å². The van der Waals surface area contributed by atoms with E-state index in [1.165, 1.54) is 36.9 Å². The molecule has 3 nitrogen and oxygen atoms in total. The van der Waals surface area contributed by atoms with Gasteiger partial charge in [0.1, 0.15) is 22.7 Å². The van der Waals surface area contributed by atoms with Gasteiger partial charge in [0.05, 0.1) is 0 Å². The first kappa shape index (κ1) is 28.2. The molecule has 0 amide bonds. The average Bonchev–Trinajstić information content (AvgIpc) is 3.71. The van der Waals surface area contributed by atoms with Gasteiger partial charge in [0.2, 0.25) is 0 Å². The Hall–Kier alpha value is -5.84. The second-order valence-electron chi connectivity index (χ2n) is 13.3. The number of hydrogen-bond acceptors (Lipinski definition) is 4. The van der Waals surface area contributed by atoms with Crippen molar-refractivity contribution in [2.24, 2.45) is 0 Å². The van der Waals surface area contributed by atoms with E-state index >= 15 is 0 Å². The molecule has 0 aliphatic carbocycles. The van der Waals surface area contributed by atoms with Crippen molar-refractivity contribution < 1.29 is 9.15 Å². The number of para-hydroxylation sites is 2. The molecule has 9 aromatic rings. The number of ether oxygens (including phenoxy) is 1. The summed E-state index contributed by atoms with van der Waals surface area (Å²) >= 11 is 1.83. The summed E-state index contributed by atoms with van der Waals surface area (Å²) in [5, 5.41) is 4.74. The minimum absolute atomic E-state index is 0.227. The third kappa shape index (κ3) is 4.34. The predicted molar refractivity (Wildman–Crippen MR) is 205 cm³/mol. The number of hydrogen-bond donors (Lipinski definition) is 0. The zero-order valence-corrected chi connectivity index (χ0v) is 27.9. The summed E-state index contributed by atoms with van der Waals surface area (Å²) in [4.78, 5) is 2.28. The average molecular weight is 650 g/mol. The van der Waals surface area contributed by atoms with Crippen LogP contribution in [0.15, 0.2) is 156 Å². The second kappa shape index (κ2) is 10.6. The van der Waals surface area contributed by atoms with Crippen molar-refractivity contribution in [3.05, 3.63) is 163 Å². The SMILES string of the molecule is CC1(C)c2cc(-c3ccc(N(c4ccccc4)c4ccc5c(c4)oc4ccccc45)cc3)ccc2Oc2c1ccc1sc3ccccc3c21. The number of benzene rings is 7. The molecule has 0 saturated carbocycles. The number of thiophene rings is 1. The van der Waals surface area contributed by atoms with Gasteiger partial charge in [0.25, 0.3) is 0 Å². The topological polar surface area (TPSA) is 25.6 Å². The van der Waals surface area contributed by atoms with Crippen LogP contribution >= 0.6 is 11.3 Å². The van der Waals surface area contributed by atoms with E-state index in [1.54, 1.807) is 0 Å². The molecule has 4 heteroatoms. The first-order valence-electron chi connectivity index (χ1n) is 16.7. The van der Waals surface area contributed by atoms with Crippen LogP contribution in [0.2, 0.25) is 0 Å². The highest BCUT2D eigenvalue weighted by molar-refractivity contribution is 7.25. The van der Waals surface area contributed by atoms with Crippen molar-refractivity contribution in [3.63, 3.8) is 0 Å². The van der Waals surface area contributed by atoms with E-state index in [2.05, 4.69) is 158 Å². The first-order valence-corrected chi connectivity index (χ1v) is 17.5. The van der Waals surface area contributed by atoms with Crippen LogP contribution in [-0.2, 0) is 5.41 Å². The Morgan fingerprint density at radius 1 is 0.510 bits per heavy atom. The van der Waals surface area contributed by atoms with Crippen molar-refractivity contribution in [3.8, 4) is 22.6 Å². The highest BCUT2D eigenvalue weighted by atomic mass is 32.1. The molecule has 0 unspecified atom stereocenters. The van der Waals surface area contributed by atoms with Gasteiger partial charge in [-0.25, -0.2) is 0 Å². The Labute approximate surface area is 288 Å². The fourth-order valence-electron chi connectivity index (χ4n) is 7.61. The quantitative estimate of drug-likeness (QED) is 0.190. The molecular formula is C45H31NO2S. The van der Waals surface area contributed by atoms with Gasteiger partial charge in [-0.3, -0.25) is 0 Å². The van der Waals surface area contributed by atoms with Crippen LogP contribution < -0.4 is 9.64 Å². The van der Waals surface area contributed by atoms with Crippen molar-refractivity contribution >= 4 is 70.5 Å². The summed E-state index contributed by atoms with van der Waals surface area (Å²) in [6, 6.07) is 53.9. The lowest BCUT2D eigenvalue weighted by Gasteiger charge is -2.35. The Kier molecular flexibility index (Phi) is 6.09. The van der Waals surface area contributed by atoms with Crippen molar-refractivity contribution in [1.82, 2.24) is 0 Å². The van der Waals surface area contributed by atoms with Gasteiger partial charge < -0.3 is 14.1 Å². The van der Waals surface area contributed by atoms with Crippen LogP contribution in [0, 0.1) is 0 Å². The molecule has 0 fully saturated rings. The Balaban J connectivity index is 1.03. The predicted octanol–water partition coefficient (Wildman–Crippen LogP) is 13.5. The zero-order chi connectivity index (χ0) is 32.7. The molecule has 0 N–H and O–H groups in total. The van der Waals surface area contributed by atoms with E-state index < -0.39 is 0 Å². The minimum atomic E-state index is -0.227. The smallest absolute Gasteiger partial charge is 0.140 e. The lowest BCUT2D eigenvalue weighted by atomic mass is 9.74. The number of anilines is 3. The third-order valence-electron chi connectivity index (χ3n) is 10.1. The van der Waals surface area contributed by atoms with Crippen LogP contribution in [0.4, 0.5) is 17.1 Å². The van der Waals surface area contributed by atoms with E-state index in [0.29, 0.717) is 0 Å². The largest absolute Gasteiger partial charge is 0.456 e. The van der Waals surface area contributed by atoms with Crippen molar-refractivity contribution in [2.75, 3.05) is 4.90 Å². The van der Waals surface area contributed by atoms with Gasteiger partial charge in [-0.15, -0.1) is 11.3 Å². The second-order valence-corrected chi connectivity index (χ2v) is 14.4. The summed E-state index contributed by atoms with van der Waals surface area (Å²) < 4.78 is 15.6. The summed E-state index contributed by atoms with van der Waals surface area (Å²) in [6.07, 6.45) is 0. The molecule has 0 bridgehead atoms. The lowest BCUT2D eigenvalue weighted by molar-refractivity contribution is 0.423. The van der Waals surface area contributed by atoms with Gasteiger partial charge >= 0.3 is 0 Å². The summed E-state index contributed by atoms with van der Waals surface area (Å²) in [5.41, 5.74) is 9.52. The number of rotatable bonds is 4. The molecule has 49 heavy (non-hydrogen) atoms. The molecule has 0 radical (unpaired) electrons. The highest BCUT2D eigenvalue weighted by Gasteiger charge is 2.36. The monoisotopic (exact) mass is 649 g/mol. The van der Waals surface area contributed by atoms with Crippen molar-refractivity contribution in [1.29, 1.82) is 0 Å². The lowest BCUT2D eigenvalue weighted by Crippen LogP contribution is -2.24. The molecule has 234 valence electrons. The van der Waals surface area contributed by atoms with Gasteiger partial charge in [-0.2, -0.15) is 0 Å². The van der Waals surface area contributed by atoms with Gasteiger partial charge in [-0.05, 0) is 77.9 Å². The van der Waals surface area contributed by atoms with Crippen LogP contribution in [0.5, 0.6) is 11.5 Å². The van der Waals surface area contributed by atoms with E-state index in [-0.39, 0.29) is 5.41 Å². The standard InChI is InChI=1S/C45H31NO2S/c1-45(2)36-23-25-42-43(35-13-7-9-15-41(35)49-42)44(36)48-39-24-18-29(26-37(39)45)28-16-19-31(20-17-28)46(30-10-4-3-5-11-30)32-21-22-34-33-12-6-8-14-38(33)47-40(34)27-32/h3-27H,1-2H3. The Morgan fingerprint density at radius 3 is 2.06 bits per heavy atom. The van der Waals surface area contributed by atoms with Crippen LogP contribution in [0.25, 0.3) is 53.2 Å². The number of fused-ring (bicyclic) bond motifs is 9.